The van der Waals surface area contributed by atoms with Crippen LogP contribution in [0.3, 0.4) is 0 Å². The van der Waals surface area contributed by atoms with Gasteiger partial charge in [0.25, 0.3) is 17.7 Å². The molecule has 1 fully saturated rings. The van der Waals surface area contributed by atoms with Crippen LogP contribution in [0.2, 0.25) is 0 Å². The molecule has 0 bridgehead atoms. The summed E-state index contributed by atoms with van der Waals surface area (Å²) in [5, 5.41) is 24.0. The molecular weight excluding hydrogens is 444 g/mol. The Bertz CT molecular complexity index is 1130. The van der Waals surface area contributed by atoms with Gasteiger partial charge < -0.3 is 35.4 Å². The third-order valence-corrected chi connectivity index (χ3v) is 5.73. The van der Waals surface area contributed by atoms with E-state index in [2.05, 4.69) is 10.6 Å². The lowest BCUT2D eigenvalue weighted by Crippen LogP contribution is -2.55. The van der Waals surface area contributed by atoms with Gasteiger partial charge in [-0.05, 0) is 35.4 Å². The van der Waals surface area contributed by atoms with Gasteiger partial charge in [0.15, 0.2) is 12.2 Å². The topological polar surface area (TPSA) is 149 Å². The van der Waals surface area contributed by atoms with Gasteiger partial charge >= 0.3 is 6.09 Å². The fourth-order valence-electron chi connectivity index (χ4n) is 3.93. The van der Waals surface area contributed by atoms with Gasteiger partial charge in [-0.25, -0.2) is 4.79 Å². The molecule has 0 aliphatic carbocycles. The minimum Gasteiger partial charge on any atom is -0.465 e. The smallest absolute Gasteiger partial charge is 0.404 e. The number of aliphatic hydroxyl groups excluding tert-OH is 1. The van der Waals surface area contributed by atoms with Crippen LogP contribution in [0.4, 0.5) is 16.2 Å². The number of carboxylic acid groups (broad SMARTS) is 1. The van der Waals surface area contributed by atoms with Crippen LogP contribution in [0.15, 0.2) is 42.5 Å². The summed E-state index contributed by atoms with van der Waals surface area (Å²) >= 11 is 0. The summed E-state index contributed by atoms with van der Waals surface area (Å²) in [6, 6.07) is 11.5. The number of hydrogen-bond donors (Lipinski definition) is 4. The molecule has 0 aromatic heterocycles. The second-order valence-corrected chi connectivity index (χ2v) is 8.07. The molecule has 11 nitrogen and oxygen atoms in total. The molecule has 2 aliphatic rings. The first-order valence-corrected chi connectivity index (χ1v) is 10.6. The zero-order chi connectivity index (χ0) is 24.4. The lowest BCUT2D eigenvalue weighted by molar-refractivity contribution is -0.150. The number of fused-ring (bicyclic) bond motifs is 1. The molecule has 0 radical (unpaired) electrons. The van der Waals surface area contributed by atoms with E-state index in [-0.39, 0.29) is 25.6 Å². The van der Waals surface area contributed by atoms with Gasteiger partial charge in [-0.2, -0.15) is 0 Å². The normalized spacial score (nSPS) is 18.5. The van der Waals surface area contributed by atoms with Crippen molar-refractivity contribution in [2.45, 2.75) is 25.3 Å². The molecule has 0 saturated carbocycles. The molecule has 1 saturated heterocycles. The van der Waals surface area contributed by atoms with Crippen molar-refractivity contribution in [3.05, 3.63) is 59.2 Å². The van der Waals surface area contributed by atoms with Gasteiger partial charge in [-0.15, -0.1) is 0 Å². The first-order valence-electron chi connectivity index (χ1n) is 10.6. The quantitative estimate of drug-likeness (QED) is 0.489. The fourth-order valence-corrected chi connectivity index (χ4v) is 3.93. The Morgan fingerprint density at radius 1 is 1.18 bits per heavy atom. The largest absolute Gasteiger partial charge is 0.465 e. The highest BCUT2D eigenvalue weighted by Crippen LogP contribution is 2.28. The van der Waals surface area contributed by atoms with Crippen LogP contribution in [0.25, 0.3) is 0 Å². The average molecular weight is 468 g/mol. The Balaban J connectivity index is 1.42. The number of morpholine rings is 1. The number of amides is 4. The lowest BCUT2D eigenvalue weighted by atomic mass is 10.1. The monoisotopic (exact) mass is 468 g/mol. The Hall–Kier alpha value is -3.96. The summed E-state index contributed by atoms with van der Waals surface area (Å²) in [7, 11) is 1.70. The zero-order valence-electron chi connectivity index (χ0n) is 18.4. The van der Waals surface area contributed by atoms with Crippen molar-refractivity contribution in [1.29, 1.82) is 0 Å². The second-order valence-electron chi connectivity index (χ2n) is 8.07. The van der Waals surface area contributed by atoms with Crippen molar-refractivity contribution in [2.75, 3.05) is 30.4 Å². The maximum absolute atomic E-state index is 13.1. The SMILES string of the molecule is CN1Cc2ccc(N3CCOC(C(O)C(=O)Nc4ccc(CNC(=O)O)cc4)C3=O)cc2C1=O. The summed E-state index contributed by atoms with van der Waals surface area (Å²) < 4.78 is 5.43. The second kappa shape index (κ2) is 9.49. The summed E-state index contributed by atoms with van der Waals surface area (Å²) in [6.45, 7) is 0.941. The molecule has 4 N–H and O–H groups in total. The number of ether oxygens (including phenoxy) is 1. The fraction of sp³-hybridized carbons (Fsp3) is 0.304. The molecule has 178 valence electrons. The maximum Gasteiger partial charge on any atom is 0.404 e. The van der Waals surface area contributed by atoms with Gasteiger partial charge in [-0.1, -0.05) is 18.2 Å². The number of rotatable bonds is 6. The summed E-state index contributed by atoms with van der Waals surface area (Å²) in [6.07, 6.45) is -4.31. The Morgan fingerprint density at radius 2 is 1.91 bits per heavy atom. The van der Waals surface area contributed by atoms with Crippen LogP contribution in [-0.2, 0) is 27.4 Å². The molecule has 0 spiro atoms. The van der Waals surface area contributed by atoms with Crippen LogP contribution < -0.4 is 15.5 Å². The summed E-state index contributed by atoms with van der Waals surface area (Å²) in [5.74, 6) is -1.52. The molecule has 11 heteroatoms. The van der Waals surface area contributed by atoms with Crippen LogP contribution in [0.5, 0.6) is 0 Å². The molecule has 4 rings (SSSR count). The van der Waals surface area contributed by atoms with Crippen molar-refractivity contribution >= 4 is 35.2 Å². The van der Waals surface area contributed by atoms with E-state index in [1.165, 1.54) is 4.90 Å². The third-order valence-electron chi connectivity index (χ3n) is 5.73. The number of benzene rings is 2. The minimum atomic E-state index is -1.76. The number of aliphatic hydroxyl groups is 1. The molecule has 2 aromatic rings. The molecule has 34 heavy (non-hydrogen) atoms. The van der Waals surface area contributed by atoms with Gasteiger partial charge in [0, 0.05) is 43.6 Å². The minimum absolute atomic E-state index is 0.108. The van der Waals surface area contributed by atoms with Crippen molar-refractivity contribution in [3.63, 3.8) is 0 Å². The highest BCUT2D eigenvalue weighted by molar-refractivity contribution is 6.05. The first-order chi connectivity index (χ1) is 16.2. The van der Waals surface area contributed by atoms with Crippen LogP contribution >= 0.6 is 0 Å². The van der Waals surface area contributed by atoms with E-state index in [0.29, 0.717) is 29.0 Å². The molecule has 2 atom stereocenters. The van der Waals surface area contributed by atoms with E-state index in [0.717, 1.165) is 5.56 Å². The van der Waals surface area contributed by atoms with Crippen molar-refractivity contribution in [3.8, 4) is 0 Å². The van der Waals surface area contributed by atoms with Crippen molar-refractivity contribution < 1.29 is 34.1 Å². The van der Waals surface area contributed by atoms with E-state index in [1.54, 1.807) is 54.4 Å². The number of nitrogens with zero attached hydrogens (tertiary/aromatic N) is 2. The molecule has 4 amide bonds. The van der Waals surface area contributed by atoms with Gasteiger partial charge in [-0.3, -0.25) is 14.4 Å². The molecule has 2 unspecified atom stereocenters. The van der Waals surface area contributed by atoms with E-state index >= 15 is 0 Å². The predicted octanol–water partition coefficient (Wildman–Crippen LogP) is 0.771. The van der Waals surface area contributed by atoms with Crippen LogP contribution in [0, 0.1) is 0 Å². The maximum atomic E-state index is 13.1. The number of nitrogens with one attached hydrogen (secondary N) is 2. The Kier molecular flexibility index (Phi) is 6.48. The zero-order valence-corrected chi connectivity index (χ0v) is 18.4. The van der Waals surface area contributed by atoms with E-state index in [9.17, 15) is 24.3 Å². The van der Waals surface area contributed by atoms with Gasteiger partial charge in [0.2, 0.25) is 0 Å². The molecule has 2 heterocycles. The standard InChI is InChI=1S/C23H24N4O7/c1-26-12-14-4-7-16(10-17(14)21(26)30)27-8-9-34-19(22(27)31)18(28)20(29)25-15-5-2-13(3-6-15)11-24-23(32)33/h2-7,10,18-19,24,28H,8-9,11-12H2,1H3,(H,25,29)(H,32,33). The highest BCUT2D eigenvalue weighted by atomic mass is 16.5. The lowest BCUT2D eigenvalue weighted by Gasteiger charge is -2.34. The number of hydrogen-bond acceptors (Lipinski definition) is 6. The van der Waals surface area contributed by atoms with Gasteiger partial charge in [0.05, 0.1) is 6.61 Å². The third kappa shape index (κ3) is 4.70. The van der Waals surface area contributed by atoms with Gasteiger partial charge in [0.1, 0.15) is 0 Å². The number of anilines is 2. The van der Waals surface area contributed by atoms with E-state index in [1.807, 2.05) is 0 Å². The predicted molar refractivity (Wildman–Crippen MR) is 120 cm³/mol. The Morgan fingerprint density at radius 3 is 2.62 bits per heavy atom. The number of carbonyl (C=O) groups is 4. The first kappa shape index (κ1) is 23.2. The number of carbonyl (C=O) groups excluding carboxylic acids is 3. The molecule has 2 aliphatic heterocycles. The van der Waals surface area contributed by atoms with Crippen LogP contribution in [0.1, 0.15) is 21.5 Å². The molecule has 2 aromatic carbocycles. The van der Waals surface area contributed by atoms with E-state index < -0.39 is 30.1 Å². The van der Waals surface area contributed by atoms with Crippen LogP contribution in [-0.4, -0.2) is 71.3 Å². The van der Waals surface area contributed by atoms with Crippen molar-refractivity contribution in [1.82, 2.24) is 10.2 Å². The summed E-state index contributed by atoms with van der Waals surface area (Å²) in [4.78, 5) is 51.5. The highest BCUT2D eigenvalue weighted by Gasteiger charge is 2.40. The molecular formula is C23H24N4O7. The van der Waals surface area contributed by atoms with E-state index in [4.69, 9.17) is 9.84 Å². The Labute approximate surface area is 194 Å². The van der Waals surface area contributed by atoms with Crippen molar-refractivity contribution in [2.24, 2.45) is 0 Å². The summed E-state index contributed by atoms with van der Waals surface area (Å²) in [5.41, 5.74) is 2.94. The average Bonchev–Trinajstić information content (AvgIpc) is 3.11.